The van der Waals surface area contributed by atoms with Crippen molar-refractivity contribution in [3.05, 3.63) is 59.7 Å². The Labute approximate surface area is 173 Å². The first-order valence-electron chi connectivity index (χ1n) is 10.2. The van der Waals surface area contributed by atoms with E-state index >= 15 is 0 Å². The number of carbonyl (C=O) groups is 2. The van der Waals surface area contributed by atoms with E-state index in [1.54, 1.807) is 15.9 Å². The lowest BCUT2D eigenvalue weighted by Crippen LogP contribution is -2.44. The molecule has 2 aromatic rings. The minimum Gasteiger partial charge on any atom is -0.353 e. The Morgan fingerprint density at radius 1 is 1.14 bits per heavy atom. The number of hydrogen-bond donors (Lipinski definition) is 0. The summed E-state index contributed by atoms with van der Waals surface area (Å²) in [4.78, 5) is 29.4. The van der Waals surface area contributed by atoms with Gasteiger partial charge in [0.05, 0.1) is 6.54 Å². The number of aromatic nitrogens is 1. The Morgan fingerprint density at radius 2 is 1.90 bits per heavy atom. The van der Waals surface area contributed by atoms with Crippen molar-refractivity contribution >= 4 is 11.8 Å². The molecule has 0 aliphatic carbocycles. The maximum Gasteiger partial charge on any atom is 0.254 e. The fourth-order valence-corrected chi connectivity index (χ4v) is 3.22. The Morgan fingerprint density at radius 3 is 2.48 bits per heavy atom. The molecular weight excluding hydrogens is 369 g/mol. The second-order valence-corrected chi connectivity index (χ2v) is 7.87. The minimum absolute atomic E-state index is 0.00745. The number of unbranched alkanes of at least 4 members (excludes halogenated alkanes) is 1. The fraction of sp³-hybridized carbons (Fsp3) is 0.478. The number of carbonyl (C=O) groups excluding carboxylic acids is 2. The van der Waals surface area contributed by atoms with E-state index in [4.69, 9.17) is 0 Å². The lowest BCUT2D eigenvalue weighted by molar-refractivity contribution is -0.133. The van der Waals surface area contributed by atoms with Crippen LogP contribution in [0.15, 0.2) is 42.6 Å². The van der Waals surface area contributed by atoms with Gasteiger partial charge in [-0.25, -0.2) is 4.39 Å². The highest BCUT2D eigenvalue weighted by Crippen LogP contribution is 2.12. The molecule has 0 saturated carbocycles. The second kappa shape index (κ2) is 10.8. The van der Waals surface area contributed by atoms with E-state index < -0.39 is 5.82 Å². The first kappa shape index (κ1) is 22.7. The monoisotopic (exact) mass is 401 g/mol. The molecule has 0 saturated heterocycles. The molecule has 0 radical (unpaired) electrons. The van der Waals surface area contributed by atoms with E-state index in [9.17, 15) is 14.0 Å². The molecule has 1 aromatic heterocycles. The summed E-state index contributed by atoms with van der Waals surface area (Å²) < 4.78 is 15.6. The van der Waals surface area contributed by atoms with Gasteiger partial charge in [-0.2, -0.15) is 0 Å². The normalized spacial score (nSPS) is 11.0. The van der Waals surface area contributed by atoms with Crippen LogP contribution in [0.25, 0.3) is 0 Å². The largest absolute Gasteiger partial charge is 0.353 e. The van der Waals surface area contributed by atoms with Crippen molar-refractivity contribution in [2.75, 3.05) is 19.6 Å². The summed E-state index contributed by atoms with van der Waals surface area (Å²) in [5.74, 6) is -0.555. The first-order valence-corrected chi connectivity index (χ1v) is 10.2. The highest BCUT2D eigenvalue weighted by atomic mass is 19.1. The Bertz CT molecular complexity index is 816. The second-order valence-electron chi connectivity index (χ2n) is 7.87. The Hall–Kier alpha value is -2.63. The van der Waals surface area contributed by atoms with Crippen molar-refractivity contribution < 1.29 is 14.0 Å². The zero-order valence-electron chi connectivity index (χ0n) is 17.9. The van der Waals surface area contributed by atoms with E-state index in [1.807, 2.05) is 36.9 Å². The number of hydrogen-bond acceptors (Lipinski definition) is 2. The van der Waals surface area contributed by atoms with E-state index in [-0.39, 0.29) is 23.9 Å². The molecular formula is C23H32FN3O2. The third kappa shape index (κ3) is 6.73. The molecule has 2 rings (SSSR count). The van der Waals surface area contributed by atoms with Gasteiger partial charge in [0.15, 0.2) is 0 Å². The van der Waals surface area contributed by atoms with E-state index in [1.165, 1.54) is 18.2 Å². The predicted octanol–water partition coefficient (Wildman–Crippen LogP) is 4.09. The van der Waals surface area contributed by atoms with Crippen LogP contribution < -0.4 is 0 Å². The number of nitrogens with zero attached hydrogens (tertiary/aromatic N) is 3. The van der Waals surface area contributed by atoms with E-state index in [0.717, 1.165) is 18.5 Å². The van der Waals surface area contributed by atoms with Gasteiger partial charge in [0.25, 0.3) is 5.91 Å². The molecule has 158 valence electrons. The van der Waals surface area contributed by atoms with Crippen LogP contribution >= 0.6 is 0 Å². The number of halogens is 1. The average molecular weight is 402 g/mol. The molecule has 0 aliphatic rings. The van der Waals surface area contributed by atoms with Gasteiger partial charge in [0, 0.05) is 37.6 Å². The lowest BCUT2D eigenvalue weighted by atomic mass is 10.1. The fourth-order valence-electron chi connectivity index (χ4n) is 3.22. The molecule has 0 bridgehead atoms. The van der Waals surface area contributed by atoms with Crippen LogP contribution in [0, 0.1) is 11.7 Å². The van der Waals surface area contributed by atoms with Gasteiger partial charge in [-0.1, -0.05) is 33.3 Å². The van der Waals surface area contributed by atoms with Gasteiger partial charge in [-0.05, 0) is 42.7 Å². The van der Waals surface area contributed by atoms with Crippen molar-refractivity contribution in [2.45, 2.75) is 40.2 Å². The quantitative estimate of drug-likeness (QED) is 0.602. The summed E-state index contributed by atoms with van der Waals surface area (Å²) in [7, 11) is 1.95. The Balaban J connectivity index is 2.18. The van der Waals surface area contributed by atoms with Crippen LogP contribution in [0.5, 0.6) is 0 Å². The summed E-state index contributed by atoms with van der Waals surface area (Å²) >= 11 is 0. The average Bonchev–Trinajstić information content (AvgIpc) is 3.08. The van der Waals surface area contributed by atoms with Gasteiger partial charge < -0.3 is 14.4 Å². The van der Waals surface area contributed by atoms with Crippen LogP contribution in [0.4, 0.5) is 4.39 Å². The highest BCUT2D eigenvalue weighted by Gasteiger charge is 2.23. The third-order valence-electron chi connectivity index (χ3n) is 4.81. The van der Waals surface area contributed by atoms with Crippen molar-refractivity contribution in [2.24, 2.45) is 13.0 Å². The number of amides is 2. The van der Waals surface area contributed by atoms with E-state index in [2.05, 4.69) is 13.8 Å². The number of aryl methyl sites for hydroxylation is 1. The topological polar surface area (TPSA) is 45.6 Å². The van der Waals surface area contributed by atoms with Crippen LogP contribution in [-0.4, -0.2) is 45.8 Å². The summed E-state index contributed by atoms with van der Waals surface area (Å²) in [5, 5.41) is 0. The highest BCUT2D eigenvalue weighted by molar-refractivity contribution is 5.96. The van der Waals surface area contributed by atoms with Gasteiger partial charge in [0.2, 0.25) is 5.91 Å². The van der Waals surface area contributed by atoms with Crippen LogP contribution in [0.3, 0.4) is 0 Å². The van der Waals surface area contributed by atoms with Crippen molar-refractivity contribution in [3.8, 4) is 0 Å². The van der Waals surface area contributed by atoms with Gasteiger partial charge in [-0.15, -0.1) is 0 Å². The van der Waals surface area contributed by atoms with Gasteiger partial charge in [-0.3, -0.25) is 9.59 Å². The van der Waals surface area contributed by atoms with Crippen LogP contribution in [0.2, 0.25) is 0 Å². The minimum atomic E-state index is -0.456. The zero-order valence-corrected chi connectivity index (χ0v) is 17.9. The van der Waals surface area contributed by atoms with Gasteiger partial charge in [0.1, 0.15) is 12.4 Å². The first-order chi connectivity index (χ1) is 13.8. The smallest absolute Gasteiger partial charge is 0.254 e. The number of benzene rings is 1. The van der Waals surface area contributed by atoms with Crippen molar-refractivity contribution in [1.82, 2.24) is 14.4 Å². The van der Waals surface area contributed by atoms with Crippen LogP contribution in [-0.2, 0) is 18.4 Å². The molecule has 1 heterocycles. The molecule has 0 aliphatic heterocycles. The van der Waals surface area contributed by atoms with Crippen LogP contribution in [0.1, 0.15) is 49.7 Å². The standard InChI is InChI=1S/C23H32FN3O2/c1-5-6-13-26(23(29)19-9-7-10-20(24)14-19)17-22(28)27(15-18(2)3)16-21-11-8-12-25(21)4/h7-12,14,18H,5-6,13,15-17H2,1-4H3. The SMILES string of the molecule is CCCCN(CC(=O)N(Cc1cccn1C)CC(C)C)C(=O)c1cccc(F)c1. The third-order valence-corrected chi connectivity index (χ3v) is 4.81. The summed E-state index contributed by atoms with van der Waals surface area (Å²) in [6.07, 6.45) is 3.64. The number of rotatable bonds is 10. The van der Waals surface area contributed by atoms with Crippen molar-refractivity contribution in [1.29, 1.82) is 0 Å². The summed E-state index contributed by atoms with van der Waals surface area (Å²) in [5.41, 5.74) is 1.31. The van der Waals surface area contributed by atoms with E-state index in [0.29, 0.717) is 25.6 Å². The van der Waals surface area contributed by atoms with Gasteiger partial charge >= 0.3 is 0 Å². The van der Waals surface area contributed by atoms with Crippen molar-refractivity contribution in [3.63, 3.8) is 0 Å². The molecule has 0 fully saturated rings. The molecule has 0 atom stereocenters. The molecule has 6 heteroatoms. The zero-order chi connectivity index (χ0) is 21.4. The maximum absolute atomic E-state index is 13.6. The molecule has 5 nitrogen and oxygen atoms in total. The molecule has 0 N–H and O–H groups in total. The summed E-state index contributed by atoms with van der Waals surface area (Å²) in [6, 6.07) is 9.58. The molecule has 29 heavy (non-hydrogen) atoms. The molecule has 0 spiro atoms. The lowest BCUT2D eigenvalue weighted by Gasteiger charge is -2.29. The predicted molar refractivity (Wildman–Crippen MR) is 113 cm³/mol. The molecule has 1 aromatic carbocycles. The molecule has 0 unspecified atom stereocenters. The Kier molecular flexibility index (Phi) is 8.43. The maximum atomic E-state index is 13.6. The summed E-state index contributed by atoms with van der Waals surface area (Å²) in [6.45, 7) is 7.74. The molecule has 2 amide bonds.